The van der Waals surface area contributed by atoms with Crippen LogP contribution < -0.4 is 4.72 Å². The normalized spacial score (nSPS) is 12.7. The third kappa shape index (κ3) is 4.32. The van der Waals surface area contributed by atoms with Gasteiger partial charge in [0.25, 0.3) is 0 Å². The first-order valence-electron chi connectivity index (χ1n) is 5.84. The minimum absolute atomic E-state index is 0.0142. The van der Waals surface area contributed by atoms with Gasteiger partial charge in [-0.05, 0) is 18.6 Å². The van der Waals surface area contributed by atoms with Crippen molar-refractivity contribution < 1.29 is 18.3 Å². The first-order chi connectivity index (χ1) is 9.72. The molecular weight excluding hydrogens is 339 g/mol. The van der Waals surface area contributed by atoms with Crippen LogP contribution in [-0.4, -0.2) is 25.5 Å². The first kappa shape index (κ1) is 17.7. The molecule has 0 amide bonds. The predicted molar refractivity (Wildman–Crippen MR) is 78.1 cm³/mol. The molecule has 0 fully saturated rings. The Balaban J connectivity index is 3.32. The van der Waals surface area contributed by atoms with Gasteiger partial charge in [0.1, 0.15) is 4.90 Å². The summed E-state index contributed by atoms with van der Waals surface area (Å²) in [6, 6.07) is 3.41. The zero-order valence-electron chi connectivity index (χ0n) is 10.9. The Hall–Kier alpha value is -1.33. The molecule has 0 heterocycles. The van der Waals surface area contributed by atoms with Crippen molar-refractivity contribution in [1.29, 1.82) is 5.26 Å². The van der Waals surface area contributed by atoms with Crippen LogP contribution in [0.5, 0.6) is 0 Å². The van der Waals surface area contributed by atoms with Gasteiger partial charge in [0.2, 0.25) is 10.0 Å². The molecule has 114 valence electrons. The van der Waals surface area contributed by atoms with Crippen molar-refractivity contribution in [3.05, 3.63) is 27.7 Å². The number of carboxylic acid groups (broad SMARTS) is 1. The molecule has 21 heavy (non-hydrogen) atoms. The van der Waals surface area contributed by atoms with Crippen LogP contribution in [-0.2, 0) is 10.0 Å². The molecule has 0 aliphatic heterocycles. The van der Waals surface area contributed by atoms with Gasteiger partial charge in [-0.1, -0.05) is 30.1 Å². The second-order valence-corrected chi connectivity index (χ2v) is 6.66. The quantitative estimate of drug-likeness (QED) is 0.819. The number of nitriles is 1. The van der Waals surface area contributed by atoms with Crippen LogP contribution in [0.2, 0.25) is 10.0 Å². The Morgan fingerprint density at radius 3 is 2.57 bits per heavy atom. The smallest absolute Gasteiger partial charge is 0.337 e. The number of rotatable bonds is 6. The highest BCUT2D eigenvalue weighted by Crippen LogP contribution is 2.29. The van der Waals surface area contributed by atoms with E-state index in [1.54, 1.807) is 6.92 Å². The summed E-state index contributed by atoms with van der Waals surface area (Å²) in [6.45, 7) is 1.72. The van der Waals surface area contributed by atoms with Gasteiger partial charge in [-0.15, -0.1) is 0 Å². The number of aromatic carboxylic acids is 1. The van der Waals surface area contributed by atoms with E-state index in [0.29, 0.717) is 6.42 Å². The first-order valence-corrected chi connectivity index (χ1v) is 8.08. The number of carboxylic acids is 1. The zero-order valence-corrected chi connectivity index (χ0v) is 13.3. The second kappa shape index (κ2) is 7.09. The number of hydrogen-bond acceptors (Lipinski definition) is 4. The van der Waals surface area contributed by atoms with Crippen LogP contribution in [0.25, 0.3) is 0 Å². The molecule has 1 aromatic rings. The fourth-order valence-electron chi connectivity index (χ4n) is 1.58. The van der Waals surface area contributed by atoms with Crippen molar-refractivity contribution in [2.24, 2.45) is 0 Å². The van der Waals surface area contributed by atoms with Crippen molar-refractivity contribution in [2.45, 2.75) is 30.7 Å². The summed E-state index contributed by atoms with van der Waals surface area (Å²) in [7, 11) is -4.08. The maximum atomic E-state index is 12.3. The van der Waals surface area contributed by atoms with Crippen LogP contribution in [0, 0.1) is 11.3 Å². The summed E-state index contributed by atoms with van der Waals surface area (Å²) in [5, 5.41) is 17.1. The standard InChI is InChI=1S/C12H12Cl2N2O4S/c1-2-8(3-4-15)16-21(19,20)10-6-7(13)5-9(11(10)14)12(17)18/h5-6,8,16H,2-3H2,1H3,(H,17,18). The topological polar surface area (TPSA) is 107 Å². The molecule has 0 bridgehead atoms. The largest absolute Gasteiger partial charge is 0.478 e. The van der Waals surface area contributed by atoms with Crippen molar-refractivity contribution in [3.63, 3.8) is 0 Å². The van der Waals surface area contributed by atoms with E-state index < -0.39 is 37.5 Å². The van der Waals surface area contributed by atoms with E-state index >= 15 is 0 Å². The number of halogens is 2. The SMILES string of the molecule is CCC(CC#N)NS(=O)(=O)c1cc(Cl)cc(C(=O)O)c1Cl. The summed E-state index contributed by atoms with van der Waals surface area (Å²) in [6.07, 6.45) is 0.385. The lowest BCUT2D eigenvalue weighted by Gasteiger charge is -2.15. The number of sulfonamides is 1. The van der Waals surface area contributed by atoms with Gasteiger partial charge in [0.05, 0.1) is 23.1 Å². The van der Waals surface area contributed by atoms with Crippen LogP contribution in [0.3, 0.4) is 0 Å². The van der Waals surface area contributed by atoms with E-state index in [2.05, 4.69) is 4.72 Å². The number of hydrogen-bond donors (Lipinski definition) is 2. The van der Waals surface area contributed by atoms with Gasteiger partial charge in [0.15, 0.2) is 0 Å². The van der Waals surface area contributed by atoms with E-state index in [1.807, 2.05) is 6.07 Å². The molecule has 0 aliphatic carbocycles. The van der Waals surface area contributed by atoms with E-state index in [9.17, 15) is 13.2 Å². The highest BCUT2D eigenvalue weighted by Gasteiger charge is 2.25. The Bertz CT molecular complexity index is 698. The number of nitrogens with zero attached hydrogens (tertiary/aromatic N) is 1. The fraction of sp³-hybridized carbons (Fsp3) is 0.333. The van der Waals surface area contributed by atoms with Crippen LogP contribution in [0.15, 0.2) is 17.0 Å². The molecule has 0 aromatic heterocycles. The van der Waals surface area contributed by atoms with Crippen LogP contribution in [0.4, 0.5) is 0 Å². The van der Waals surface area contributed by atoms with Crippen molar-refractivity contribution in [1.82, 2.24) is 4.72 Å². The van der Waals surface area contributed by atoms with Gasteiger partial charge in [-0.3, -0.25) is 0 Å². The fourth-order valence-corrected chi connectivity index (χ4v) is 3.80. The van der Waals surface area contributed by atoms with E-state index in [-0.39, 0.29) is 11.4 Å². The van der Waals surface area contributed by atoms with Gasteiger partial charge in [-0.2, -0.15) is 5.26 Å². The van der Waals surface area contributed by atoms with Gasteiger partial charge in [-0.25, -0.2) is 17.9 Å². The average Bonchev–Trinajstić information content (AvgIpc) is 2.39. The molecule has 1 aromatic carbocycles. The molecule has 1 atom stereocenters. The highest BCUT2D eigenvalue weighted by atomic mass is 35.5. The van der Waals surface area contributed by atoms with E-state index in [4.69, 9.17) is 33.6 Å². The molecule has 0 saturated carbocycles. The molecule has 1 unspecified atom stereocenters. The molecule has 0 spiro atoms. The van der Waals surface area contributed by atoms with Gasteiger partial charge in [0, 0.05) is 11.1 Å². The predicted octanol–water partition coefficient (Wildman–Crippen LogP) is 2.66. The summed E-state index contributed by atoms with van der Waals surface area (Å²) < 4.78 is 26.8. The number of carbonyl (C=O) groups is 1. The van der Waals surface area contributed by atoms with Gasteiger partial charge < -0.3 is 5.11 Å². The Labute approximate surface area is 132 Å². The molecular formula is C12H12Cl2N2O4S. The van der Waals surface area contributed by atoms with Crippen molar-refractivity contribution in [2.75, 3.05) is 0 Å². The minimum Gasteiger partial charge on any atom is -0.478 e. The Morgan fingerprint density at radius 1 is 1.48 bits per heavy atom. The minimum atomic E-state index is -4.08. The second-order valence-electron chi connectivity index (χ2n) is 4.16. The van der Waals surface area contributed by atoms with E-state index in [0.717, 1.165) is 12.1 Å². The van der Waals surface area contributed by atoms with Crippen molar-refractivity contribution >= 4 is 39.2 Å². The zero-order chi connectivity index (χ0) is 16.2. The van der Waals surface area contributed by atoms with Crippen LogP contribution >= 0.6 is 23.2 Å². The van der Waals surface area contributed by atoms with Crippen LogP contribution in [0.1, 0.15) is 30.1 Å². The molecule has 1 rings (SSSR count). The molecule has 0 saturated heterocycles. The van der Waals surface area contributed by atoms with E-state index in [1.165, 1.54) is 0 Å². The lowest BCUT2D eigenvalue weighted by molar-refractivity contribution is 0.0697. The third-order valence-electron chi connectivity index (χ3n) is 2.68. The molecule has 0 radical (unpaired) electrons. The average molecular weight is 351 g/mol. The summed E-state index contributed by atoms with van der Waals surface area (Å²) in [4.78, 5) is 10.6. The lowest BCUT2D eigenvalue weighted by Crippen LogP contribution is -2.34. The molecule has 9 heteroatoms. The summed E-state index contributed by atoms with van der Waals surface area (Å²) in [5.74, 6) is -1.39. The Kier molecular flexibility index (Phi) is 5.98. The third-order valence-corrected chi connectivity index (χ3v) is 4.96. The van der Waals surface area contributed by atoms with Gasteiger partial charge >= 0.3 is 5.97 Å². The summed E-state index contributed by atoms with van der Waals surface area (Å²) >= 11 is 11.6. The maximum absolute atomic E-state index is 12.3. The molecule has 6 nitrogen and oxygen atoms in total. The Morgan fingerprint density at radius 2 is 2.10 bits per heavy atom. The monoisotopic (exact) mass is 350 g/mol. The molecule has 2 N–H and O–H groups in total. The number of benzene rings is 1. The number of nitrogens with one attached hydrogen (secondary N) is 1. The summed E-state index contributed by atoms with van der Waals surface area (Å²) in [5.41, 5.74) is -0.405. The maximum Gasteiger partial charge on any atom is 0.337 e. The lowest BCUT2D eigenvalue weighted by atomic mass is 10.2. The van der Waals surface area contributed by atoms with Crippen molar-refractivity contribution in [3.8, 4) is 6.07 Å². The highest BCUT2D eigenvalue weighted by molar-refractivity contribution is 7.89. The molecule has 0 aliphatic rings.